The highest BCUT2D eigenvalue weighted by Crippen LogP contribution is 2.16. The van der Waals surface area contributed by atoms with Gasteiger partial charge in [-0.2, -0.15) is 0 Å². The zero-order valence-corrected chi connectivity index (χ0v) is 11.9. The maximum absolute atomic E-state index is 4.50. The van der Waals surface area contributed by atoms with Gasteiger partial charge in [-0.15, -0.1) is 0 Å². The van der Waals surface area contributed by atoms with E-state index in [1.54, 1.807) is 0 Å². The van der Waals surface area contributed by atoms with Crippen LogP contribution in [0, 0.1) is 6.92 Å². The first-order valence-electron chi connectivity index (χ1n) is 6.77. The smallest absolute Gasteiger partial charge is 0.125 e. The molecular formula is C16H21N3. The number of hydrogen-bond donors (Lipinski definition) is 1. The number of hydrogen-bond acceptors (Lipinski definition) is 3. The average molecular weight is 255 g/mol. The molecule has 0 aliphatic rings. The maximum Gasteiger partial charge on any atom is 0.125 e. The van der Waals surface area contributed by atoms with E-state index in [0.717, 1.165) is 24.4 Å². The van der Waals surface area contributed by atoms with E-state index >= 15 is 0 Å². The van der Waals surface area contributed by atoms with Gasteiger partial charge in [0.2, 0.25) is 0 Å². The van der Waals surface area contributed by atoms with Crippen molar-refractivity contribution in [3.63, 3.8) is 0 Å². The molecule has 0 radical (unpaired) electrons. The fourth-order valence-electron chi connectivity index (χ4n) is 2.17. The molecule has 1 N–H and O–H groups in total. The summed E-state index contributed by atoms with van der Waals surface area (Å²) in [4.78, 5) is 8.65. The lowest BCUT2D eigenvalue weighted by Crippen LogP contribution is -2.20. The minimum Gasteiger partial charge on any atom is -0.311 e. The minimum atomic E-state index is 0.231. The lowest BCUT2D eigenvalue weighted by Gasteiger charge is -2.16. The van der Waals surface area contributed by atoms with Gasteiger partial charge in [0.1, 0.15) is 5.82 Å². The highest BCUT2D eigenvalue weighted by atomic mass is 14.9. The number of likely N-dealkylation sites (N-methyl/N-ethyl adjacent to an activating group) is 1. The Balaban J connectivity index is 2.14. The first kappa shape index (κ1) is 13.7. The third kappa shape index (κ3) is 3.61. The molecule has 2 aromatic rings. The molecule has 0 aliphatic carbocycles. The van der Waals surface area contributed by atoms with E-state index < -0.39 is 0 Å². The van der Waals surface area contributed by atoms with Gasteiger partial charge in [-0.1, -0.05) is 31.2 Å². The molecule has 1 heterocycles. The summed E-state index contributed by atoms with van der Waals surface area (Å²) >= 11 is 0. The Morgan fingerprint density at radius 3 is 2.37 bits per heavy atom. The summed E-state index contributed by atoms with van der Waals surface area (Å²) in [6, 6.07) is 11.0. The number of aryl methyl sites for hydroxylation is 2. The van der Waals surface area contributed by atoms with Crippen LogP contribution in [0.1, 0.15) is 35.6 Å². The van der Waals surface area contributed by atoms with Crippen LogP contribution in [-0.2, 0) is 12.8 Å². The third-order valence-corrected chi connectivity index (χ3v) is 3.37. The van der Waals surface area contributed by atoms with Crippen LogP contribution in [0.4, 0.5) is 0 Å². The van der Waals surface area contributed by atoms with Crippen molar-refractivity contribution in [3.05, 3.63) is 59.2 Å². The normalized spacial score (nSPS) is 12.4. The molecule has 0 bridgehead atoms. The molecule has 1 unspecified atom stereocenters. The van der Waals surface area contributed by atoms with Gasteiger partial charge in [0.15, 0.2) is 0 Å². The second kappa shape index (κ2) is 6.43. The van der Waals surface area contributed by atoms with Crippen LogP contribution < -0.4 is 5.32 Å². The Hall–Kier alpha value is -1.74. The topological polar surface area (TPSA) is 37.8 Å². The zero-order chi connectivity index (χ0) is 13.7. The van der Waals surface area contributed by atoms with Crippen LogP contribution in [0.3, 0.4) is 0 Å². The van der Waals surface area contributed by atoms with Crippen molar-refractivity contribution < 1.29 is 0 Å². The lowest BCUT2D eigenvalue weighted by atomic mass is 10.0. The Morgan fingerprint density at radius 2 is 1.79 bits per heavy atom. The summed E-state index contributed by atoms with van der Waals surface area (Å²) < 4.78 is 0. The van der Waals surface area contributed by atoms with E-state index in [9.17, 15) is 0 Å². The van der Waals surface area contributed by atoms with Crippen molar-refractivity contribution in [1.82, 2.24) is 15.3 Å². The van der Waals surface area contributed by atoms with Crippen LogP contribution in [0.5, 0.6) is 0 Å². The second-order valence-corrected chi connectivity index (χ2v) is 4.74. The van der Waals surface area contributed by atoms with Gasteiger partial charge in [0.25, 0.3) is 0 Å². The van der Waals surface area contributed by atoms with E-state index in [1.165, 1.54) is 11.1 Å². The molecule has 0 spiro atoms. The van der Waals surface area contributed by atoms with E-state index in [1.807, 2.05) is 26.2 Å². The van der Waals surface area contributed by atoms with E-state index in [4.69, 9.17) is 0 Å². The Bertz CT molecular complexity index is 520. The first-order chi connectivity index (χ1) is 9.22. The molecule has 0 aliphatic heterocycles. The van der Waals surface area contributed by atoms with Gasteiger partial charge in [0, 0.05) is 6.20 Å². The van der Waals surface area contributed by atoms with Crippen molar-refractivity contribution in [2.45, 2.75) is 32.7 Å². The van der Waals surface area contributed by atoms with Crippen LogP contribution in [0.25, 0.3) is 0 Å². The fourth-order valence-corrected chi connectivity index (χ4v) is 2.17. The molecule has 2 rings (SSSR count). The molecule has 1 aromatic heterocycles. The Morgan fingerprint density at radius 1 is 1.11 bits per heavy atom. The molecule has 3 nitrogen and oxygen atoms in total. The Kier molecular flexibility index (Phi) is 4.63. The van der Waals surface area contributed by atoms with Crippen LogP contribution >= 0.6 is 0 Å². The van der Waals surface area contributed by atoms with E-state index in [2.05, 4.69) is 46.5 Å². The summed E-state index contributed by atoms with van der Waals surface area (Å²) in [6.45, 7) is 4.10. The molecule has 100 valence electrons. The standard InChI is InChI=1S/C16H21N3/c1-4-13-5-7-14(8-6-13)11-16(17-3)15-9-10-18-12(2)19-15/h5-10,16-17H,4,11H2,1-3H3. The number of nitrogens with zero attached hydrogens (tertiary/aromatic N) is 2. The van der Waals surface area contributed by atoms with Gasteiger partial charge in [0.05, 0.1) is 11.7 Å². The number of benzene rings is 1. The van der Waals surface area contributed by atoms with Gasteiger partial charge < -0.3 is 5.32 Å². The summed E-state index contributed by atoms with van der Waals surface area (Å²) in [6.07, 6.45) is 3.85. The molecular weight excluding hydrogens is 234 g/mol. The predicted octanol–water partition coefficient (Wildman–Crippen LogP) is 2.85. The van der Waals surface area contributed by atoms with E-state index in [-0.39, 0.29) is 6.04 Å². The molecule has 0 saturated heterocycles. The molecule has 0 saturated carbocycles. The number of aromatic nitrogens is 2. The van der Waals surface area contributed by atoms with Crippen LogP contribution in [0.2, 0.25) is 0 Å². The lowest BCUT2D eigenvalue weighted by molar-refractivity contribution is 0.572. The monoisotopic (exact) mass is 255 g/mol. The van der Waals surface area contributed by atoms with Crippen molar-refractivity contribution in [3.8, 4) is 0 Å². The van der Waals surface area contributed by atoms with Crippen LogP contribution in [0.15, 0.2) is 36.5 Å². The quantitative estimate of drug-likeness (QED) is 0.892. The van der Waals surface area contributed by atoms with Gasteiger partial charge in [-0.05, 0) is 44.0 Å². The predicted molar refractivity (Wildman–Crippen MR) is 78.1 cm³/mol. The van der Waals surface area contributed by atoms with Crippen molar-refractivity contribution >= 4 is 0 Å². The van der Waals surface area contributed by atoms with Crippen molar-refractivity contribution in [1.29, 1.82) is 0 Å². The highest BCUT2D eigenvalue weighted by Gasteiger charge is 2.11. The van der Waals surface area contributed by atoms with Crippen molar-refractivity contribution in [2.75, 3.05) is 7.05 Å². The van der Waals surface area contributed by atoms with Gasteiger partial charge >= 0.3 is 0 Å². The molecule has 19 heavy (non-hydrogen) atoms. The zero-order valence-electron chi connectivity index (χ0n) is 11.9. The molecule has 0 amide bonds. The van der Waals surface area contributed by atoms with Crippen molar-refractivity contribution in [2.24, 2.45) is 0 Å². The van der Waals surface area contributed by atoms with Gasteiger partial charge in [-0.3, -0.25) is 0 Å². The molecule has 1 aromatic carbocycles. The molecule has 1 atom stereocenters. The fraction of sp³-hybridized carbons (Fsp3) is 0.375. The second-order valence-electron chi connectivity index (χ2n) is 4.74. The minimum absolute atomic E-state index is 0.231. The average Bonchev–Trinajstić information content (AvgIpc) is 2.45. The number of nitrogens with one attached hydrogen (secondary N) is 1. The largest absolute Gasteiger partial charge is 0.311 e. The highest BCUT2D eigenvalue weighted by molar-refractivity contribution is 5.24. The van der Waals surface area contributed by atoms with E-state index in [0.29, 0.717) is 0 Å². The van der Waals surface area contributed by atoms with Gasteiger partial charge in [-0.25, -0.2) is 9.97 Å². The Labute approximate surface area is 115 Å². The number of rotatable bonds is 5. The maximum atomic E-state index is 4.50. The third-order valence-electron chi connectivity index (χ3n) is 3.37. The summed E-state index contributed by atoms with van der Waals surface area (Å²) in [5, 5.41) is 3.33. The SMILES string of the molecule is CCc1ccc(CC(NC)c2ccnc(C)n2)cc1. The summed E-state index contributed by atoms with van der Waals surface area (Å²) in [7, 11) is 1.97. The van der Waals surface area contributed by atoms with Crippen LogP contribution in [-0.4, -0.2) is 17.0 Å². The first-order valence-corrected chi connectivity index (χ1v) is 6.77. The summed E-state index contributed by atoms with van der Waals surface area (Å²) in [5.41, 5.74) is 3.75. The molecule has 0 fully saturated rings. The summed E-state index contributed by atoms with van der Waals surface area (Å²) in [5.74, 6) is 0.819. The molecule has 3 heteroatoms.